The van der Waals surface area contributed by atoms with Gasteiger partial charge in [-0.05, 0) is 50.1 Å². The molecule has 3 rings (SSSR count). The van der Waals surface area contributed by atoms with E-state index in [1.54, 1.807) is 0 Å². The second-order valence-electron chi connectivity index (χ2n) is 6.11. The molecule has 0 aliphatic rings. The lowest BCUT2D eigenvalue weighted by Crippen LogP contribution is -2.15. The molecule has 0 unspecified atom stereocenters. The molecule has 0 saturated carbocycles. The number of thioether (sulfide) groups is 1. The maximum Gasteiger partial charge on any atom is 0.234 e. The molecule has 1 aromatic heterocycles. The van der Waals surface area contributed by atoms with Gasteiger partial charge in [0.05, 0.1) is 10.8 Å². The van der Waals surface area contributed by atoms with Crippen LogP contribution in [0.4, 0.5) is 5.69 Å². The maximum atomic E-state index is 12.4. The first-order valence-electron chi connectivity index (χ1n) is 8.68. The zero-order valence-corrected chi connectivity index (χ0v) is 17.1. The second-order valence-corrected chi connectivity index (χ2v) is 7.46. The van der Waals surface area contributed by atoms with E-state index in [1.165, 1.54) is 11.8 Å². The Morgan fingerprint density at radius 2 is 1.93 bits per heavy atom. The molecule has 0 aliphatic carbocycles. The molecular weight excluding hydrogens is 380 g/mol. The third-order valence-corrected chi connectivity index (χ3v) is 5.66. The molecule has 3 aromatic rings. The topological polar surface area (TPSA) is 59.8 Å². The first-order valence-corrected chi connectivity index (χ1v) is 10.0. The minimum Gasteiger partial charge on any atom is -0.325 e. The minimum absolute atomic E-state index is 0.0707. The van der Waals surface area contributed by atoms with Crippen LogP contribution in [-0.4, -0.2) is 26.4 Å². The van der Waals surface area contributed by atoms with Gasteiger partial charge in [0.2, 0.25) is 5.91 Å². The lowest BCUT2D eigenvalue weighted by Gasteiger charge is -2.11. The van der Waals surface area contributed by atoms with Gasteiger partial charge >= 0.3 is 0 Å². The maximum absolute atomic E-state index is 12.4. The van der Waals surface area contributed by atoms with Gasteiger partial charge in [0.25, 0.3) is 0 Å². The monoisotopic (exact) mass is 400 g/mol. The standard InChI is InChI=1S/C20H21ClN4OS/c1-4-25-19(15-9-5-6-10-16(15)21)23-24-20(25)27-12-18(26)22-17-11-7-8-13(2)14(17)3/h5-11H,4,12H2,1-3H3,(H,22,26). The van der Waals surface area contributed by atoms with E-state index in [0.29, 0.717) is 22.5 Å². The fourth-order valence-corrected chi connectivity index (χ4v) is 3.75. The van der Waals surface area contributed by atoms with E-state index in [-0.39, 0.29) is 11.7 Å². The number of nitrogens with zero attached hydrogens (tertiary/aromatic N) is 3. The number of amides is 1. The second kappa shape index (κ2) is 8.59. The predicted octanol–water partition coefficient (Wildman–Crippen LogP) is 4.97. The number of halogens is 1. The highest BCUT2D eigenvalue weighted by atomic mass is 35.5. The van der Waals surface area contributed by atoms with Gasteiger partial charge in [-0.15, -0.1) is 10.2 Å². The summed E-state index contributed by atoms with van der Waals surface area (Å²) >= 11 is 7.65. The minimum atomic E-state index is -0.0707. The molecule has 0 fully saturated rings. The van der Waals surface area contributed by atoms with Crippen LogP contribution in [0.3, 0.4) is 0 Å². The Labute approximate surface area is 168 Å². The third kappa shape index (κ3) is 4.34. The van der Waals surface area contributed by atoms with Crippen LogP contribution in [0.15, 0.2) is 47.6 Å². The Kier molecular flexibility index (Phi) is 6.19. The highest BCUT2D eigenvalue weighted by molar-refractivity contribution is 7.99. The molecule has 0 atom stereocenters. The summed E-state index contributed by atoms with van der Waals surface area (Å²) in [6, 6.07) is 13.4. The normalized spacial score (nSPS) is 10.8. The van der Waals surface area contributed by atoms with E-state index in [4.69, 9.17) is 11.6 Å². The van der Waals surface area contributed by atoms with E-state index in [1.807, 2.05) is 67.8 Å². The van der Waals surface area contributed by atoms with Gasteiger partial charge in [-0.2, -0.15) is 0 Å². The Morgan fingerprint density at radius 3 is 2.67 bits per heavy atom. The van der Waals surface area contributed by atoms with Gasteiger partial charge in [-0.1, -0.05) is 47.6 Å². The summed E-state index contributed by atoms with van der Waals surface area (Å²) in [6.07, 6.45) is 0. The lowest BCUT2D eigenvalue weighted by atomic mass is 10.1. The molecule has 27 heavy (non-hydrogen) atoms. The van der Waals surface area contributed by atoms with Crippen molar-refractivity contribution < 1.29 is 4.79 Å². The Hall–Kier alpha value is -2.31. The summed E-state index contributed by atoms with van der Waals surface area (Å²) in [7, 11) is 0. The van der Waals surface area contributed by atoms with Crippen molar-refractivity contribution >= 4 is 35.0 Å². The fourth-order valence-electron chi connectivity index (χ4n) is 2.73. The van der Waals surface area contributed by atoms with Gasteiger partial charge < -0.3 is 9.88 Å². The summed E-state index contributed by atoms with van der Waals surface area (Å²) in [4.78, 5) is 12.4. The molecule has 0 bridgehead atoms. The number of carbonyl (C=O) groups is 1. The highest BCUT2D eigenvalue weighted by Gasteiger charge is 2.16. The van der Waals surface area contributed by atoms with E-state index in [9.17, 15) is 4.79 Å². The van der Waals surface area contributed by atoms with Gasteiger partial charge in [0.15, 0.2) is 11.0 Å². The number of hydrogen-bond acceptors (Lipinski definition) is 4. The van der Waals surface area contributed by atoms with Crippen LogP contribution in [0.25, 0.3) is 11.4 Å². The summed E-state index contributed by atoms with van der Waals surface area (Å²) in [5.74, 6) is 0.896. The van der Waals surface area contributed by atoms with Crippen LogP contribution >= 0.6 is 23.4 Å². The van der Waals surface area contributed by atoms with E-state index in [2.05, 4.69) is 15.5 Å². The van der Waals surface area contributed by atoms with Crippen molar-refractivity contribution in [2.75, 3.05) is 11.1 Å². The van der Waals surface area contributed by atoms with Crippen molar-refractivity contribution in [1.29, 1.82) is 0 Å². The van der Waals surface area contributed by atoms with Gasteiger partial charge in [-0.3, -0.25) is 4.79 Å². The molecule has 0 aliphatic heterocycles. The summed E-state index contributed by atoms with van der Waals surface area (Å²) < 4.78 is 1.97. The van der Waals surface area contributed by atoms with Gasteiger partial charge in [0.1, 0.15) is 0 Å². The van der Waals surface area contributed by atoms with Gasteiger partial charge in [-0.25, -0.2) is 0 Å². The molecular formula is C20H21ClN4OS. The van der Waals surface area contributed by atoms with Crippen LogP contribution in [0.2, 0.25) is 5.02 Å². The molecule has 1 heterocycles. The van der Waals surface area contributed by atoms with Crippen LogP contribution in [0, 0.1) is 13.8 Å². The van der Waals surface area contributed by atoms with Crippen LogP contribution in [-0.2, 0) is 11.3 Å². The number of aryl methyl sites for hydroxylation is 1. The molecule has 140 valence electrons. The molecule has 5 nitrogen and oxygen atoms in total. The number of nitrogens with one attached hydrogen (secondary N) is 1. The summed E-state index contributed by atoms with van der Waals surface area (Å²) in [5, 5.41) is 12.8. The number of benzene rings is 2. The molecule has 0 spiro atoms. The van der Waals surface area contributed by atoms with Gasteiger partial charge in [0, 0.05) is 17.8 Å². The molecule has 2 aromatic carbocycles. The molecule has 1 amide bonds. The first kappa shape index (κ1) is 19.5. The average molecular weight is 401 g/mol. The van der Waals surface area contributed by atoms with Crippen molar-refractivity contribution in [2.24, 2.45) is 0 Å². The van der Waals surface area contributed by atoms with Crippen LogP contribution < -0.4 is 5.32 Å². The number of carbonyl (C=O) groups excluding carboxylic acids is 1. The Bertz CT molecular complexity index is 970. The van der Waals surface area contributed by atoms with Crippen molar-refractivity contribution in [3.63, 3.8) is 0 Å². The number of anilines is 1. The molecule has 0 saturated heterocycles. The number of hydrogen-bond donors (Lipinski definition) is 1. The fraction of sp³-hybridized carbons (Fsp3) is 0.250. The van der Waals surface area contributed by atoms with Crippen LogP contribution in [0.1, 0.15) is 18.1 Å². The predicted molar refractivity (Wildman–Crippen MR) is 111 cm³/mol. The van der Waals surface area contributed by atoms with Crippen molar-refractivity contribution in [1.82, 2.24) is 14.8 Å². The van der Waals surface area contributed by atoms with E-state index < -0.39 is 0 Å². The van der Waals surface area contributed by atoms with Crippen LogP contribution in [0.5, 0.6) is 0 Å². The van der Waals surface area contributed by atoms with Crippen molar-refractivity contribution in [3.8, 4) is 11.4 Å². The summed E-state index contributed by atoms with van der Waals surface area (Å²) in [5.41, 5.74) is 3.90. The van der Waals surface area contributed by atoms with Crippen molar-refractivity contribution in [2.45, 2.75) is 32.5 Å². The molecule has 0 radical (unpaired) electrons. The quantitative estimate of drug-likeness (QED) is 0.593. The SMILES string of the molecule is CCn1c(SCC(=O)Nc2cccc(C)c2C)nnc1-c1ccccc1Cl. The first-order chi connectivity index (χ1) is 13.0. The largest absolute Gasteiger partial charge is 0.325 e. The molecule has 1 N–H and O–H groups in total. The summed E-state index contributed by atoms with van der Waals surface area (Å²) in [6.45, 7) is 6.74. The highest BCUT2D eigenvalue weighted by Crippen LogP contribution is 2.29. The number of aromatic nitrogens is 3. The molecule has 7 heteroatoms. The zero-order valence-electron chi connectivity index (χ0n) is 15.5. The van der Waals surface area contributed by atoms with E-state index in [0.717, 1.165) is 22.4 Å². The Morgan fingerprint density at radius 1 is 1.15 bits per heavy atom. The Balaban J connectivity index is 1.72. The smallest absolute Gasteiger partial charge is 0.234 e. The average Bonchev–Trinajstić information content (AvgIpc) is 3.07. The number of rotatable bonds is 6. The third-order valence-electron chi connectivity index (χ3n) is 4.36. The van der Waals surface area contributed by atoms with Crippen molar-refractivity contribution in [3.05, 3.63) is 58.6 Å². The van der Waals surface area contributed by atoms with E-state index >= 15 is 0 Å². The lowest BCUT2D eigenvalue weighted by molar-refractivity contribution is -0.113. The zero-order chi connectivity index (χ0) is 19.4.